The summed E-state index contributed by atoms with van der Waals surface area (Å²) in [6.07, 6.45) is 0.690. The van der Waals surface area contributed by atoms with E-state index in [-0.39, 0.29) is 11.8 Å². The Balaban J connectivity index is 2.64. The lowest BCUT2D eigenvalue weighted by Gasteiger charge is -1.93. The van der Waals surface area contributed by atoms with E-state index >= 15 is 0 Å². The minimum Gasteiger partial charge on any atom is -0.465 e. The van der Waals surface area contributed by atoms with Crippen LogP contribution in [0.1, 0.15) is 16.1 Å². The Kier molecular flexibility index (Phi) is 5.38. The number of nitrogens with zero attached hydrogens (tertiary/aromatic N) is 1. The lowest BCUT2D eigenvalue weighted by molar-refractivity contribution is 0.0606. The third kappa shape index (κ3) is 3.64. The van der Waals surface area contributed by atoms with Crippen LogP contribution in [-0.4, -0.2) is 35.5 Å². The third-order valence-electron chi connectivity index (χ3n) is 1.46. The molecular weight excluding hydrogens is 258 g/mol. The number of aliphatic hydroxyl groups excluding tert-OH is 1. The zero-order chi connectivity index (χ0) is 11.3. The van der Waals surface area contributed by atoms with Gasteiger partial charge in [-0.2, -0.15) is 0 Å². The number of aromatic nitrogens is 1. The van der Waals surface area contributed by atoms with Gasteiger partial charge >= 0.3 is 5.97 Å². The van der Waals surface area contributed by atoms with Gasteiger partial charge in [0, 0.05) is 12.4 Å². The van der Waals surface area contributed by atoms with Gasteiger partial charge in [0.2, 0.25) is 0 Å². The summed E-state index contributed by atoms with van der Waals surface area (Å²) < 4.78 is 5.27. The lowest BCUT2D eigenvalue weighted by Crippen LogP contribution is -1.98. The van der Waals surface area contributed by atoms with Crippen molar-refractivity contribution in [2.75, 3.05) is 19.5 Å². The first-order valence-electron chi connectivity index (χ1n) is 4.17. The van der Waals surface area contributed by atoms with Crippen molar-refractivity contribution < 1.29 is 14.6 Å². The molecule has 0 fully saturated rings. The molecule has 4 nitrogen and oxygen atoms in total. The summed E-state index contributed by atoms with van der Waals surface area (Å²) in [5, 5.41) is 8.78. The zero-order valence-electron chi connectivity index (χ0n) is 8.03. The second kappa shape index (κ2) is 6.32. The molecule has 0 aliphatic carbocycles. The molecule has 0 aliphatic rings. The number of esters is 1. The van der Waals surface area contributed by atoms with E-state index in [1.165, 1.54) is 30.2 Å². The Morgan fingerprint density at radius 3 is 3.07 bits per heavy atom. The molecule has 84 valence electrons. The topological polar surface area (TPSA) is 59.4 Å². The standard InChI is InChI=1S/C8H10ClNO3S2/c1-13-7(12)5-6(9)10-8(15-5)14-4-2-3-11/h11H,2-4H2,1H3. The number of thioether (sulfide) groups is 1. The first-order valence-corrected chi connectivity index (χ1v) is 6.35. The Morgan fingerprint density at radius 1 is 1.73 bits per heavy atom. The fourth-order valence-electron chi connectivity index (χ4n) is 0.788. The van der Waals surface area contributed by atoms with Gasteiger partial charge in [0.15, 0.2) is 14.4 Å². The zero-order valence-corrected chi connectivity index (χ0v) is 10.4. The summed E-state index contributed by atoms with van der Waals surface area (Å²) in [5.41, 5.74) is 0. The summed E-state index contributed by atoms with van der Waals surface area (Å²) in [6.45, 7) is 0.149. The smallest absolute Gasteiger partial charge is 0.351 e. The molecule has 0 aliphatic heterocycles. The number of hydrogen-bond donors (Lipinski definition) is 1. The molecule has 0 amide bonds. The summed E-state index contributed by atoms with van der Waals surface area (Å²) in [6, 6.07) is 0. The largest absolute Gasteiger partial charge is 0.465 e. The van der Waals surface area contributed by atoms with Gasteiger partial charge in [-0.1, -0.05) is 34.7 Å². The van der Waals surface area contributed by atoms with E-state index < -0.39 is 5.97 Å². The van der Waals surface area contributed by atoms with Crippen LogP contribution in [0.3, 0.4) is 0 Å². The summed E-state index contributed by atoms with van der Waals surface area (Å²) in [5.74, 6) is 0.285. The molecule has 1 N–H and O–H groups in total. The van der Waals surface area contributed by atoms with Crippen LogP contribution in [0.2, 0.25) is 5.15 Å². The maximum atomic E-state index is 11.2. The van der Waals surface area contributed by atoms with Crippen LogP contribution in [0.5, 0.6) is 0 Å². The fourth-order valence-corrected chi connectivity index (χ4v) is 3.11. The molecule has 1 aromatic heterocycles. The van der Waals surface area contributed by atoms with Crippen LogP contribution in [0.15, 0.2) is 4.34 Å². The minimum absolute atomic E-state index is 0.149. The average Bonchev–Trinajstić information content (AvgIpc) is 2.59. The number of rotatable bonds is 5. The van der Waals surface area contributed by atoms with Crippen LogP contribution < -0.4 is 0 Å². The number of ether oxygens (including phenoxy) is 1. The van der Waals surface area contributed by atoms with E-state index in [1.807, 2.05) is 0 Å². The van der Waals surface area contributed by atoms with Gasteiger partial charge in [-0.3, -0.25) is 0 Å². The van der Waals surface area contributed by atoms with Gasteiger partial charge in [-0.25, -0.2) is 9.78 Å². The summed E-state index contributed by atoms with van der Waals surface area (Å²) in [7, 11) is 1.30. The van der Waals surface area contributed by atoms with Crippen LogP contribution >= 0.6 is 34.7 Å². The number of carbonyl (C=O) groups excluding carboxylic acids is 1. The molecule has 1 rings (SSSR count). The van der Waals surface area contributed by atoms with Crippen LogP contribution in [0.25, 0.3) is 0 Å². The highest BCUT2D eigenvalue weighted by atomic mass is 35.5. The highest BCUT2D eigenvalue weighted by molar-refractivity contribution is 8.01. The second-order valence-corrected chi connectivity index (χ2v) is 5.22. The lowest BCUT2D eigenvalue weighted by atomic mass is 10.5. The van der Waals surface area contributed by atoms with Gasteiger partial charge in [0.05, 0.1) is 7.11 Å². The number of carbonyl (C=O) groups is 1. The molecule has 0 aromatic carbocycles. The maximum Gasteiger partial charge on any atom is 0.351 e. The third-order valence-corrected chi connectivity index (χ3v) is 4.12. The number of halogens is 1. The molecule has 0 spiro atoms. The molecule has 0 saturated carbocycles. The molecule has 15 heavy (non-hydrogen) atoms. The Morgan fingerprint density at radius 2 is 2.47 bits per heavy atom. The van der Waals surface area contributed by atoms with Gasteiger partial charge in [0.25, 0.3) is 0 Å². The monoisotopic (exact) mass is 267 g/mol. The van der Waals surface area contributed by atoms with E-state index in [1.54, 1.807) is 0 Å². The van der Waals surface area contributed by atoms with E-state index in [0.29, 0.717) is 15.6 Å². The average molecular weight is 268 g/mol. The van der Waals surface area contributed by atoms with E-state index in [9.17, 15) is 4.79 Å². The predicted molar refractivity (Wildman–Crippen MR) is 60.9 cm³/mol. The predicted octanol–water partition coefficient (Wildman–Crippen LogP) is 2.06. The van der Waals surface area contributed by atoms with Gasteiger partial charge in [0.1, 0.15) is 0 Å². The van der Waals surface area contributed by atoms with Crippen molar-refractivity contribution in [1.82, 2.24) is 4.98 Å². The maximum absolute atomic E-state index is 11.2. The highest BCUT2D eigenvalue weighted by Gasteiger charge is 2.17. The molecule has 1 aromatic rings. The number of hydrogen-bond acceptors (Lipinski definition) is 6. The van der Waals surface area contributed by atoms with Crippen molar-refractivity contribution in [3.05, 3.63) is 10.0 Å². The van der Waals surface area contributed by atoms with Crippen molar-refractivity contribution in [2.24, 2.45) is 0 Å². The molecule has 7 heteroatoms. The molecule has 0 unspecified atom stereocenters. The van der Waals surface area contributed by atoms with E-state index in [2.05, 4.69) is 9.72 Å². The molecular formula is C8H10ClNO3S2. The Labute approximate surface area is 101 Å². The molecule has 0 radical (unpaired) electrons. The Hall–Kier alpha value is -0.300. The molecule has 1 heterocycles. The fraction of sp³-hybridized carbons (Fsp3) is 0.500. The van der Waals surface area contributed by atoms with Gasteiger partial charge in [-0.05, 0) is 6.42 Å². The van der Waals surface area contributed by atoms with Crippen molar-refractivity contribution in [1.29, 1.82) is 0 Å². The highest BCUT2D eigenvalue weighted by Crippen LogP contribution is 2.30. The number of aliphatic hydroxyl groups is 1. The van der Waals surface area contributed by atoms with Gasteiger partial charge < -0.3 is 9.84 Å². The van der Waals surface area contributed by atoms with Crippen molar-refractivity contribution in [2.45, 2.75) is 10.8 Å². The number of thiazole rings is 1. The van der Waals surface area contributed by atoms with Crippen molar-refractivity contribution in [3.8, 4) is 0 Å². The van der Waals surface area contributed by atoms with Crippen molar-refractivity contribution >= 4 is 40.7 Å². The second-order valence-electron chi connectivity index (χ2n) is 2.52. The van der Waals surface area contributed by atoms with E-state index in [0.717, 1.165) is 5.75 Å². The van der Waals surface area contributed by atoms with Crippen LogP contribution in [-0.2, 0) is 4.74 Å². The van der Waals surface area contributed by atoms with Crippen LogP contribution in [0.4, 0.5) is 0 Å². The van der Waals surface area contributed by atoms with Gasteiger partial charge in [-0.15, -0.1) is 0 Å². The minimum atomic E-state index is -0.466. The summed E-state index contributed by atoms with van der Waals surface area (Å²) in [4.78, 5) is 15.5. The SMILES string of the molecule is COC(=O)c1sc(SCCCO)nc1Cl. The summed E-state index contributed by atoms with van der Waals surface area (Å²) >= 11 is 8.44. The first kappa shape index (κ1) is 12.8. The molecule has 0 saturated heterocycles. The first-order chi connectivity index (χ1) is 7.19. The van der Waals surface area contributed by atoms with E-state index in [4.69, 9.17) is 16.7 Å². The molecule has 0 atom stereocenters. The number of methoxy groups -OCH3 is 1. The quantitative estimate of drug-likeness (QED) is 0.503. The molecule has 0 bridgehead atoms. The van der Waals surface area contributed by atoms with Crippen molar-refractivity contribution in [3.63, 3.8) is 0 Å². The Bertz CT molecular complexity index is 343. The normalized spacial score (nSPS) is 10.3. The van der Waals surface area contributed by atoms with Crippen LogP contribution in [0, 0.1) is 0 Å².